The molecule has 0 saturated heterocycles. The number of hydrogen-bond acceptors (Lipinski definition) is 3. The van der Waals surface area contributed by atoms with Crippen LogP contribution in [0.5, 0.6) is 5.06 Å². The van der Waals surface area contributed by atoms with Crippen LogP contribution >= 0.6 is 11.3 Å². The van der Waals surface area contributed by atoms with E-state index in [1.54, 1.807) is 11.3 Å². The molecule has 0 aliphatic rings. The molecule has 0 fully saturated rings. The highest BCUT2D eigenvalue weighted by Crippen LogP contribution is 2.26. The van der Waals surface area contributed by atoms with Crippen molar-refractivity contribution in [2.75, 3.05) is 13.2 Å². The van der Waals surface area contributed by atoms with Gasteiger partial charge in [-0.15, -0.1) is 11.3 Å². The van der Waals surface area contributed by atoms with Crippen LogP contribution in [0.15, 0.2) is 42.5 Å². The summed E-state index contributed by atoms with van der Waals surface area (Å²) < 4.78 is 5.52. The second-order valence-corrected chi connectivity index (χ2v) is 4.94. The first-order valence-corrected chi connectivity index (χ1v) is 6.56. The van der Waals surface area contributed by atoms with Crippen LogP contribution in [0.4, 0.5) is 0 Å². The first-order valence-electron chi connectivity index (χ1n) is 5.75. The second kappa shape index (κ2) is 6.42. The van der Waals surface area contributed by atoms with Crippen LogP contribution in [0.3, 0.4) is 0 Å². The number of rotatable bonds is 6. The second-order valence-electron chi connectivity index (χ2n) is 3.81. The quantitative estimate of drug-likeness (QED) is 0.796. The van der Waals surface area contributed by atoms with E-state index in [1.165, 1.54) is 10.4 Å². The molecule has 1 aromatic carbocycles. The fraction of sp³-hybridized carbons (Fsp3) is 0.286. The van der Waals surface area contributed by atoms with E-state index in [1.807, 2.05) is 12.1 Å². The number of hydrogen-bond donors (Lipinski definition) is 1. The molecule has 0 saturated carbocycles. The maximum Gasteiger partial charge on any atom is 0.173 e. The lowest BCUT2D eigenvalue weighted by molar-refractivity contribution is 0.237. The van der Waals surface area contributed by atoms with Gasteiger partial charge in [0.05, 0.1) is 6.61 Å². The normalized spacial score (nSPS) is 10.4. The number of aliphatic hydroxyl groups is 1. The van der Waals surface area contributed by atoms with Gasteiger partial charge in [0.1, 0.15) is 0 Å². The molecule has 17 heavy (non-hydrogen) atoms. The maximum atomic E-state index is 8.67. The number of ether oxygens (including phenoxy) is 1. The van der Waals surface area contributed by atoms with E-state index in [0.717, 1.165) is 11.5 Å². The molecule has 1 heterocycles. The van der Waals surface area contributed by atoms with Crippen LogP contribution in [-0.4, -0.2) is 18.3 Å². The number of benzene rings is 1. The van der Waals surface area contributed by atoms with E-state index < -0.39 is 0 Å². The molecule has 0 radical (unpaired) electrons. The minimum atomic E-state index is 0.183. The molecule has 2 aromatic rings. The van der Waals surface area contributed by atoms with E-state index in [-0.39, 0.29) is 6.61 Å². The van der Waals surface area contributed by atoms with Crippen LogP contribution in [0.1, 0.15) is 16.9 Å². The Balaban J connectivity index is 1.90. The summed E-state index contributed by atoms with van der Waals surface area (Å²) in [6, 6.07) is 14.5. The van der Waals surface area contributed by atoms with Crippen molar-refractivity contribution in [1.29, 1.82) is 0 Å². The largest absolute Gasteiger partial charge is 0.484 e. The van der Waals surface area contributed by atoms with Gasteiger partial charge in [0.2, 0.25) is 0 Å². The van der Waals surface area contributed by atoms with Gasteiger partial charge in [0.25, 0.3) is 0 Å². The zero-order valence-electron chi connectivity index (χ0n) is 9.63. The fourth-order valence-electron chi connectivity index (χ4n) is 1.57. The summed E-state index contributed by atoms with van der Waals surface area (Å²) >= 11 is 1.67. The van der Waals surface area contributed by atoms with Gasteiger partial charge in [0, 0.05) is 24.3 Å². The molecule has 0 spiro atoms. The van der Waals surface area contributed by atoms with Crippen molar-refractivity contribution in [3.63, 3.8) is 0 Å². The van der Waals surface area contributed by atoms with Crippen molar-refractivity contribution in [2.45, 2.75) is 12.8 Å². The Labute approximate surface area is 105 Å². The first-order chi connectivity index (χ1) is 8.38. The highest BCUT2D eigenvalue weighted by atomic mass is 32.1. The lowest BCUT2D eigenvalue weighted by atomic mass is 10.1. The monoisotopic (exact) mass is 248 g/mol. The van der Waals surface area contributed by atoms with Gasteiger partial charge in [0.15, 0.2) is 5.06 Å². The Morgan fingerprint density at radius 1 is 1.06 bits per heavy atom. The zero-order chi connectivity index (χ0) is 11.9. The van der Waals surface area contributed by atoms with Crippen molar-refractivity contribution in [1.82, 2.24) is 0 Å². The number of thiophene rings is 1. The Hall–Kier alpha value is -1.32. The highest BCUT2D eigenvalue weighted by molar-refractivity contribution is 7.13. The molecule has 2 nitrogen and oxygen atoms in total. The molecule has 2 rings (SSSR count). The van der Waals surface area contributed by atoms with Crippen molar-refractivity contribution >= 4 is 11.3 Å². The van der Waals surface area contributed by atoms with Gasteiger partial charge in [-0.25, -0.2) is 0 Å². The standard InChI is InChI=1S/C14H16O2S/c15-9-4-10-16-14-8-7-13(17-14)11-12-5-2-1-3-6-12/h1-3,5-8,15H,4,9-11H2. The molecule has 3 heteroatoms. The summed E-state index contributed by atoms with van der Waals surface area (Å²) in [5.74, 6) is 0. The van der Waals surface area contributed by atoms with Crippen molar-refractivity contribution in [3.8, 4) is 5.06 Å². The van der Waals surface area contributed by atoms with E-state index in [0.29, 0.717) is 13.0 Å². The van der Waals surface area contributed by atoms with Crippen molar-refractivity contribution in [2.24, 2.45) is 0 Å². The third kappa shape index (κ3) is 3.88. The lowest BCUT2D eigenvalue weighted by Crippen LogP contribution is -1.97. The van der Waals surface area contributed by atoms with Gasteiger partial charge in [-0.2, -0.15) is 0 Å². The average molecular weight is 248 g/mol. The third-order valence-corrected chi connectivity index (χ3v) is 3.40. The average Bonchev–Trinajstić information content (AvgIpc) is 2.79. The first kappa shape index (κ1) is 12.1. The molecule has 1 N–H and O–H groups in total. The van der Waals surface area contributed by atoms with Crippen LogP contribution in [0.2, 0.25) is 0 Å². The van der Waals surface area contributed by atoms with Gasteiger partial charge >= 0.3 is 0 Å². The minimum absolute atomic E-state index is 0.183. The molecule has 0 atom stereocenters. The Kier molecular flexibility index (Phi) is 4.59. The molecule has 90 valence electrons. The summed E-state index contributed by atoms with van der Waals surface area (Å²) in [7, 11) is 0. The summed E-state index contributed by atoms with van der Waals surface area (Å²) in [5.41, 5.74) is 1.32. The van der Waals surface area contributed by atoms with Crippen LogP contribution in [-0.2, 0) is 6.42 Å². The van der Waals surface area contributed by atoms with Crippen LogP contribution in [0, 0.1) is 0 Å². The Bertz CT molecular complexity index is 436. The van der Waals surface area contributed by atoms with Gasteiger partial charge in [-0.1, -0.05) is 30.3 Å². The van der Waals surface area contributed by atoms with Crippen molar-refractivity contribution in [3.05, 3.63) is 52.9 Å². The van der Waals surface area contributed by atoms with E-state index in [4.69, 9.17) is 9.84 Å². The summed E-state index contributed by atoms with van der Waals surface area (Å²) in [6.07, 6.45) is 1.64. The highest BCUT2D eigenvalue weighted by Gasteiger charge is 2.02. The molecular weight excluding hydrogens is 232 g/mol. The zero-order valence-corrected chi connectivity index (χ0v) is 10.5. The maximum absolute atomic E-state index is 8.67. The molecule has 0 unspecified atom stereocenters. The van der Waals surface area contributed by atoms with E-state index in [9.17, 15) is 0 Å². The molecule has 0 amide bonds. The summed E-state index contributed by atoms with van der Waals surface area (Å²) in [5, 5.41) is 9.60. The molecule has 0 aliphatic carbocycles. The van der Waals surface area contributed by atoms with E-state index in [2.05, 4.69) is 30.3 Å². The van der Waals surface area contributed by atoms with E-state index >= 15 is 0 Å². The lowest BCUT2D eigenvalue weighted by Gasteiger charge is -2.00. The van der Waals surface area contributed by atoms with Crippen molar-refractivity contribution < 1.29 is 9.84 Å². The third-order valence-electron chi connectivity index (χ3n) is 2.40. The topological polar surface area (TPSA) is 29.5 Å². The Morgan fingerprint density at radius 2 is 1.88 bits per heavy atom. The summed E-state index contributed by atoms with van der Waals surface area (Å²) in [6.45, 7) is 0.768. The number of aliphatic hydroxyl groups excluding tert-OH is 1. The molecular formula is C14H16O2S. The predicted octanol–water partition coefficient (Wildman–Crippen LogP) is 3.10. The Morgan fingerprint density at radius 3 is 2.65 bits per heavy atom. The van der Waals surface area contributed by atoms with Gasteiger partial charge in [-0.3, -0.25) is 0 Å². The molecule has 0 bridgehead atoms. The van der Waals surface area contributed by atoms with Gasteiger partial charge in [-0.05, 0) is 17.7 Å². The minimum Gasteiger partial charge on any atom is -0.484 e. The molecule has 1 aromatic heterocycles. The van der Waals surface area contributed by atoms with Gasteiger partial charge < -0.3 is 9.84 Å². The van der Waals surface area contributed by atoms with Crippen LogP contribution in [0.25, 0.3) is 0 Å². The predicted molar refractivity (Wildman–Crippen MR) is 70.8 cm³/mol. The SMILES string of the molecule is OCCCOc1ccc(Cc2ccccc2)s1. The summed E-state index contributed by atoms with van der Waals surface area (Å²) in [4.78, 5) is 1.30. The fourth-order valence-corrected chi connectivity index (χ4v) is 2.48. The smallest absolute Gasteiger partial charge is 0.173 e. The van der Waals surface area contributed by atoms with Crippen LogP contribution < -0.4 is 4.74 Å². The molecule has 0 aliphatic heterocycles.